The predicted octanol–water partition coefficient (Wildman–Crippen LogP) is 3.19. The van der Waals surface area contributed by atoms with Crippen LogP contribution in [0.2, 0.25) is 0 Å². The smallest absolute Gasteiger partial charge is 0.239 e. The number of hydrogen-bond donors (Lipinski definition) is 0. The first kappa shape index (κ1) is 18.4. The molecule has 2 aromatic carbocycles. The molecule has 0 saturated heterocycles. The van der Waals surface area contributed by atoms with Crippen molar-refractivity contribution in [1.82, 2.24) is 34.6 Å². The number of ether oxygens (including phenoxy) is 1. The van der Waals surface area contributed by atoms with Crippen LogP contribution in [0.1, 0.15) is 6.04 Å². The first-order chi connectivity index (χ1) is 15.3. The summed E-state index contributed by atoms with van der Waals surface area (Å²) in [5.74, 6) is 0.928. The van der Waals surface area contributed by atoms with Gasteiger partial charge in [0.25, 0.3) is 0 Å². The van der Waals surface area contributed by atoms with Gasteiger partial charge in [-0.05, 0) is 11.6 Å². The van der Waals surface area contributed by atoms with Crippen molar-refractivity contribution < 1.29 is 4.74 Å². The Morgan fingerprint density at radius 3 is 2.42 bits per heavy atom. The van der Waals surface area contributed by atoms with Gasteiger partial charge >= 0.3 is 0 Å². The summed E-state index contributed by atoms with van der Waals surface area (Å²) in [4.78, 5) is 4.32. The lowest BCUT2D eigenvalue weighted by Crippen LogP contribution is -2.17. The molecule has 1 unspecified atom stereocenters. The Morgan fingerprint density at radius 1 is 0.935 bits per heavy atom. The third-order valence-electron chi connectivity index (χ3n) is 4.73. The van der Waals surface area contributed by atoms with E-state index in [0.717, 1.165) is 16.7 Å². The average molecular weight is 408 g/mol. The van der Waals surface area contributed by atoms with Gasteiger partial charge in [-0.3, -0.25) is 0 Å². The van der Waals surface area contributed by atoms with E-state index in [-0.39, 0.29) is 6.61 Å². The zero-order valence-corrected chi connectivity index (χ0v) is 16.3. The van der Waals surface area contributed by atoms with Crippen LogP contribution in [0.25, 0.3) is 28.2 Å². The fraction of sp³-hybridized carbons (Fsp3) is 0.0909. The number of fused-ring (bicyclic) bond motifs is 1. The van der Waals surface area contributed by atoms with Gasteiger partial charge in [-0.2, -0.15) is 9.78 Å². The fourth-order valence-electron chi connectivity index (χ4n) is 3.16. The van der Waals surface area contributed by atoms with Gasteiger partial charge in [0.2, 0.25) is 5.88 Å². The van der Waals surface area contributed by atoms with Crippen molar-refractivity contribution in [3.8, 4) is 34.5 Å². The molecule has 0 aliphatic heterocycles. The quantitative estimate of drug-likeness (QED) is 0.425. The molecule has 0 spiro atoms. The van der Waals surface area contributed by atoms with Crippen molar-refractivity contribution in [3.63, 3.8) is 0 Å². The molecular formula is C22H16N8O. The highest BCUT2D eigenvalue weighted by Gasteiger charge is 2.18. The van der Waals surface area contributed by atoms with Crippen molar-refractivity contribution in [3.05, 3.63) is 79.4 Å². The third kappa shape index (κ3) is 3.70. The molecule has 3 aromatic heterocycles. The van der Waals surface area contributed by atoms with Crippen molar-refractivity contribution in [2.24, 2.45) is 0 Å². The monoisotopic (exact) mass is 408 g/mol. The van der Waals surface area contributed by atoms with Crippen LogP contribution in [-0.2, 0) is 0 Å². The first-order valence-corrected chi connectivity index (χ1v) is 9.57. The van der Waals surface area contributed by atoms with E-state index in [9.17, 15) is 5.26 Å². The Kier molecular flexibility index (Phi) is 4.79. The van der Waals surface area contributed by atoms with E-state index in [1.54, 1.807) is 0 Å². The molecule has 0 amide bonds. The van der Waals surface area contributed by atoms with Crippen LogP contribution in [0.4, 0.5) is 0 Å². The van der Waals surface area contributed by atoms with Gasteiger partial charge in [-0.25, -0.2) is 9.67 Å². The van der Waals surface area contributed by atoms with E-state index in [4.69, 9.17) is 4.74 Å². The fourth-order valence-corrected chi connectivity index (χ4v) is 3.16. The number of rotatable bonds is 6. The maximum atomic E-state index is 9.70. The van der Waals surface area contributed by atoms with Crippen molar-refractivity contribution in [2.45, 2.75) is 6.04 Å². The molecule has 0 radical (unpaired) electrons. The van der Waals surface area contributed by atoms with Crippen LogP contribution in [0.15, 0.2) is 79.4 Å². The van der Waals surface area contributed by atoms with Gasteiger partial charge in [0.15, 0.2) is 17.5 Å². The lowest BCUT2D eigenvalue weighted by molar-refractivity contribution is 0.259. The highest BCUT2D eigenvalue weighted by atomic mass is 16.5. The summed E-state index contributed by atoms with van der Waals surface area (Å²) in [7, 11) is 0. The summed E-state index contributed by atoms with van der Waals surface area (Å²) in [6, 6.07) is 22.7. The highest BCUT2D eigenvalue weighted by Crippen LogP contribution is 2.29. The number of aromatic nitrogens is 7. The highest BCUT2D eigenvalue weighted by molar-refractivity contribution is 5.71. The lowest BCUT2D eigenvalue weighted by atomic mass is 10.1. The van der Waals surface area contributed by atoms with Crippen LogP contribution in [0.5, 0.6) is 5.88 Å². The SMILES string of the molecule is N#CC(COc1nn2cnnc2cc1-c1ccccc1)n1cnc(-c2ccccc2)n1. The molecule has 0 fully saturated rings. The molecule has 0 bridgehead atoms. The normalized spacial score (nSPS) is 11.8. The molecule has 3 heterocycles. The van der Waals surface area contributed by atoms with Gasteiger partial charge in [0.05, 0.1) is 6.07 Å². The van der Waals surface area contributed by atoms with Crippen LogP contribution >= 0.6 is 0 Å². The van der Waals surface area contributed by atoms with Gasteiger partial charge in [0, 0.05) is 11.1 Å². The average Bonchev–Trinajstić information content (AvgIpc) is 3.50. The molecule has 0 aliphatic rings. The molecule has 31 heavy (non-hydrogen) atoms. The summed E-state index contributed by atoms with van der Waals surface area (Å²) < 4.78 is 9.03. The lowest BCUT2D eigenvalue weighted by Gasteiger charge is -2.13. The first-order valence-electron chi connectivity index (χ1n) is 9.57. The maximum Gasteiger partial charge on any atom is 0.239 e. The van der Waals surface area contributed by atoms with E-state index in [1.165, 1.54) is 21.9 Å². The van der Waals surface area contributed by atoms with Crippen LogP contribution in [-0.4, -0.2) is 41.2 Å². The van der Waals surface area contributed by atoms with Gasteiger partial charge in [0.1, 0.15) is 19.3 Å². The number of nitriles is 1. The topological polar surface area (TPSA) is 107 Å². The molecule has 5 rings (SSSR count). The van der Waals surface area contributed by atoms with Gasteiger partial charge in [-0.15, -0.1) is 20.4 Å². The minimum atomic E-state index is -0.674. The van der Waals surface area contributed by atoms with Gasteiger partial charge in [-0.1, -0.05) is 60.7 Å². The van der Waals surface area contributed by atoms with Crippen LogP contribution < -0.4 is 4.74 Å². The molecule has 0 saturated carbocycles. The van der Waals surface area contributed by atoms with Crippen molar-refractivity contribution in [2.75, 3.05) is 6.61 Å². The Balaban J connectivity index is 1.42. The molecule has 150 valence electrons. The second-order valence-corrected chi connectivity index (χ2v) is 6.73. The largest absolute Gasteiger partial charge is 0.473 e. The zero-order valence-electron chi connectivity index (χ0n) is 16.3. The second-order valence-electron chi connectivity index (χ2n) is 6.73. The number of hydrogen-bond acceptors (Lipinski definition) is 7. The molecule has 9 heteroatoms. The van der Waals surface area contributed by atoms with E-state index >= 15 is 0 Å². The summed E-state index contributed by atoms with van der Waals surface area (Å²) in [6.07, 6.45) is 3.04. The van der Waals surface area contributed by atoms with E-state index in [2.05, 4.69) is 31.4 Å². The molecule has 0 aliphatic carbocycles. The Labute approximate surface area is 177 Å². The number of nitrogens with zero attached hydrogens (tertiary/aromatic N) is 8. The minimum Gasteiger partial charge on any atom is -0.473 e. The molecule has 0 N–H and O–H groups in total. The Hall–Kier alpha value is -4.58. The summed E-state index contributed by atoms with van der Waals surface area (Å²) >= 11 is 0. The van der Waals surface area contributed by atoms with E-state index in [0.29, 0.717) is 17.4 Å². The Bertz CT molecular complexity index is 1350. The second kappa shape index (κ2) is 8.04. The van der Waals surface area contributed by atoms with Crippen LogP contribution in [0.3, 0.4) is 0 Å². The standard InChI is InChI=1S/C22H16N8O/c23-12-18(29-14-24-21(27-29)17-9-5-2-6-10-17)13-31-22-19(16-7-3-1-4-8-16)11-20-26-25-15-30(20)28-22/h1-11,14-15,18H,13H2. The summed E-state index contributed by atoms with van der Waals surface area (Å²) in [6.45, 7) is 0.0502. The molecule has 9 nitrogen and oxygen atoms in total. The zero-order chi connectivity index (χ0) is 21.0. The summed E-state index contributed by atoms with van der Waals surface area (Å²) in [5, 5.41) is 26.6. The molecule has 1 atom stereocenters. The van der Waals surface area contributed by atoms with E-state index < -0.39 is 6.04 Å². The molecule has 5 aromatic rings. The van der Waals surface area contributed by atoms with Crippen LogP contribution in [0, 0.1) is 11.3 Å². The number of benzene rings is 2. The minimum absolute atomic E-state index is 0.0502. The van der Waals surface area contributed by atoms with Crippen molar-refractivity contribution in [1.29, 1.82) is 5.26 Å². The maximum absolute atomic E-state index is 9.70. The molecular weight excluding hydrogens is 392 g/mol. The summed E-state index contributed by atoms with van der Waals surface area (Å²) in [5.41, 5.74) is 3.18. The third-order valence-corrected chi connectivity index (χ3v) is 4.73. The van der Waals surface area contributed by atoms with Crippen molar-refractivity contribution >= 4 is 5.65 Å². The Morgan fingerprint density at radius 2 is 1.68 bits per heavy atom. The van der Waals surface area contributed by atoms with E-state index in [1.807, 2.05) is 66.7 Å². The van der Waals surface area contributed by atoms with Gasteiger partial charge < -0.3 is 4.74 Å². The predicted molar refractivity (Wildman–Crippen MR) is 112 cm³/mol.